The van der Waals surface area contributed by atoms with Gasteiger partial charge in [-0.15, -0.1) is 0 Å². The summed E-state index contributed by atoms with van der Waals surface area (Å²) in [6, 6.07) is 10.1. The molecular formula is C21H23F2NO3S. The van der Waals surface area contributed by atoms with Gasteiger partial charge in [0.15, 0.2) is 4.90 Å². The van der Waals surface area contributed by atoms with Crippen LogP contribution in [0.3, 0.4) is 0 Å². The average Bonchev–Trinajstić information content (AvgIpc) is 3.44. The van der Waals surface area contributed by atoms with Gasteiger partial charge in [-0.25, -0.2) is 17.2 Å². The molecule has 0 saturated heterocycles. The first-order valence-corrected chi connectivity index (χ1v) is 11.1. The fourth-order valence-corrected chi connectivity index (χ4v) is 5.15. The standard InChI is InChI=1S/C21H23F2NO3S/c22-19-5-2-6-20(23)21(19)28(25,26)24(17-9-10-17)13-15-7-11-18(12-8-15)27-14-16-3-1-4-16/h2,5-8,11-12,16-17H,1,3-4,9-10,13-14H2. The van der Waals surface area contributed by atoms with Gasteiger partial charge in [-0.2, -0.15) is 4.31 Å². The summed E-state index contributed by atoms with van der Waals surface area (Å²) in [4.78, 5) is -0.873. The van der Waals surface area contributed by atoms with Crippen molar-refractivity contribution in [1.82, 2.24) is 4.31 Å². The van der Waals surface area contributed by atoms with Gasteiger partial charge in [-0.05, 0) is 61.4 Å². The smallest absolute Gasteiger partial charge is 0.249 e. The van der Waals surface area contributed by atoms with E-state index in [1.807, 2.05) is 12.1 Å². The number of hydrogen-bond donors (Lipinski definition) is 0. The quantitative estimate of drug-likeness (QED) is 0.647. The summed E-state index contributed by atoms with van der Waals surface area (Å²) in [6.07, 6.45) is 5.06. The highest BCUT2D eigenvalue weighted by atomic mass is 32.2. The van der Waals surface area contributed by atoms with E-state index in [-0.39, 0.29) is 12.6 Å². The van der Waals surface area contributed by atoms with Crippen LogP contribution >= 0.6 is 0 Å². The van der Waals surface area contributed by atoms with E-state index >= 15 is 0 Å². The normalized spacial score (nSPS) is 17.5. The summed E-state index contributed by atoms with van der Waals surface area (Å²) >= 11 is 0. The van der Waals surface area contributed by atoms with Crippen molar-refractivity contribution in [2.45, 2.75) is 49.6 Å². The highest BCUT2D eigenvalue weighted by Gasteiger charge is 2.40. The molecule has 4 nitrogen and oxygen atoms in total. The zero-order chi connectivity index (χ0) is 19.7. The molecule has 0 unspecified atom stereocenters. The Bertz CT molecular complexity index is 918. The number of hydrogen-bond acceptors (Lipinski definition) is 3. The van der Waals surface area contributed by atoms with Gasteiger partial charge in [0.1, 0.15) is 17.4 Å². The van der Waals surface area contributed by atoms with Crippen LogP contribution in [0.1, 0.15) is 37.7 Å². The van der Waals surface area contributed by atoms with Gasteiger partial charge in [0, 0.05) is 12.6 Å². The largest absolute Gasteiger partial charge is 0.493 e. The fraction of sp³-hybridized carbons (Fsp3) is 0.429. The Labute approximate surface area is 164 Å². The average molecular weight is 407 g/mol. The Kier molecular flexibility index (Phi) is 5.38. The van der Waals surface area contributed by atoms with Gasteiger partial charge < -0.3 is 4.74 Å². The van der Waals surface area contributed by atoms with Gasteiger partial charge in [-0.3, -0.25) is 0 Å². The topological polar surface area (TPSA) is 46.6 Å². The molecule has 0 bridgehead atoms. The second kappa shape index (κ2) is 7.79. The summed E-state index contributed by atoms with van der Waals surface area (Å²) in [5, 5.41) is 0. The monoisotopic (exact) mass is 407 g/mol. The van der Waals surface area contributed by atoms with Crippen LogP contribution in [0, 0.1) is 17.6 Å². The van der Waals surface area contributed by atoms with Crippen molar-refractivity contribution in [1.29, 1.82) is 0 Å². The summed E-state index contributed by atoms with van der Waals surface area (Å²) in [5.74, 6) is -0.752. The molecule has 150 valence electrons. The maximum absolute atomic E-state index is 14.1. The van der Waals surface area contributed by atoms with E-state index in [1.54, 1.807) is 12.1 Å². The lowest BCUT2D eigenvalue weighted by Gasteiger charge is -2.25. The molecule has 7 heteroatoms. The molecule has 0 aromatic heterocycles. The van der Waals surface area contributed by atoms with Crippen LogP contribution in [-0.2, 0) is 16.6 Å². The molecule has 0 radical (unpaired) electrons. The lowest BCUT2D eigenvalue weighted by Crippen LogP contribution is -2.33. The molecule has 2 aliphatic carbocycles. The van der Waals surface area contributed by atoms with Crippen LogP contribution in [-0.4, -0.2) is 25.4 Å². The second-order valence-corrected chi connectivity index (χ2v) is 9.41. The van der Waals surface area contributed by atoms with Crippen LogP contribution in [0.15, 0.2) is 47.4 Å². The molecule has 2 aliphatic rings. The molecule has 0 spiro atoms. The number of nitrogens with zero attached hydrogens (tertiary/aromatic N) is 1. The third-order valence-electron chi connectivity index (χ3n) is 5.41. The molecule has 2 saturated carbocycles. The minimum Gasteiger partial charge on any atom is -0.493 e. The molecule has 28 heavy (non-hydrogen) atoms. The summed E-state index contributed by atoms with van der Waals surface area (Å²) in [7, 11) is -4.27. The molecule has 2 aromatic carbocycles. The number of benzene rings is 2. The molecule has 0 amide bonds. The molecule has 0 atom stereocenters. The Morgan fingerprint density at radius 3 is 2.14 bits per heavy atom. The van der Waals surface area contributed by atoms with Crippen molar-refractivity contribution >= 4 is 10.0 Å². The molecule has 2 fully saturated rings. The van der Waals surface area contributed by atoms with Gasteiger partial charge in [0.2, 0.25) is 10.0 Å². The van der Waals surface area contributed by atoms with Crippen molar-refractivity contribution in [3.05, 3.63) is 59.7 Å². The third kappa shape index (κ3) is 4.05. The van der Waals surface area contributed by atoms with Crippen molar-refractivity contribution < 1.29 is 21.9 Å². The predicted molar refractivity (Wildman–Crippen MR) is 101 cm³/mol. The second-order valence-electron chi connectivity index (χ2n) is 7.58. The molecule has 0 N–H and O–H groups in total. The molecule has 0 aliphatic heterocycles. The Balaban J connectivity index is 1.51. The molecular weight excluding hydrogens is 384 g/mol. The maximum Gasteiger partial charge on any atom is 0.249 e. The molecule has 4 rings (SSSR count). The number of rotatable bonds is 8. The minimum absolute atomic E-state index is 0.0731. The van der Waals surface area contributed by atoms with Crippen molar-refractivity contribution in [2.75, 3.05) is 6.61 Å². The fourth-order valence-electron chi connectivity index (χ4n) is 3.36. The van der Waals surface area contributed by atoms with Gasteiger partial charge >= 0.3 is 0 Å². The third-order valence-corrected chi connectivity index (χ3v) is 7.36. The Morgan fingerprint density at radius 2 is 1.61 bits per heavy atom. The van der Waals surface area contributed by atoms with E-state index in [4.69, 9.17) is 4.74 Å². The lowest BCUT2D eigenvalue weighted by atomic mass is 9.86. The van der Waals surface area contributed by atoms with Gasteiger partial charge in [0.05, 0.1) is 6.61 Å². The van der Waals surface area contributed by atoms with E-state index in [0.717, 1.165) is 29.5 Å². The van der Waals surface area contributed by atoms with E-state index < -0.39 is 26.6 Å². The summed E-state index contributed by atoms with van der Waals surface area (Å²) in [6.45, 7) is 0.776. The molecule has 0 heterocycles. The lowest BCUT2D eigenvalue weighted by molar-refractivity contribution is 0.180. The first-order chi connectivity index (χ1) is 13.4. The Hall–Kier alpha value is -1.99. The van der Waals surface area contributed by atoms with Crippen molar-refractivity contribution in [2.24, 2.45) is 5.92 Å². The van der Waals surface area contributed by atoms with Crippen LogP contribution in [0.2, 0.25) is 0 Å². The molecule has 2 aromatic rings. The van der Waals surface area contributed by atoms with Crippen molar-refractivity contribution in [3.8, 4) is 5.75 Å². The Morgan fingerprint density at radius 1 is 0.964 bits per heavy atom. The zero-order valence-corrected chi connectivity index (χ0v) is 16.3. The number of halogens is 2. The van der Waals surface area contributed by atoms with E-state index in [2.05, 4.69) is 0 Å². The highest BCUT2D eigenvalue weighted by Crippen LogP contribution is 2.35. The highest BCUT2D eigenvalue weighted by molar-refractivity contribution is 7.89. The van der Waals surface area contributed by atoms with Crippen LogP contribution in [0.25, 0.3) is 0 Å². The number of ether oxygens (including phenoxy) is 1. The predicted octanol–water partition coefficient (Wildman–Crippen LogP) is 4.50. The first-order valence-electron chi connectivity index (χ1n) is 9.63. The van der Waals surface area contributed by atoms with E-state index in [1.165, 1.54) is 23.6 Å². The SMILES string of the molecule is O=S(=O)(c1c(F)cccc1F)N(Cc1ccc(OCC2CCC2)cc1)C1CC1. The first kappa shape index (κ1) is 19.3. The van der Waals surface area contributed by atoms with E-state index in [9.17, 15) is 17.2 Å². The number of sulfonamides is 1. The minimum atomic E-state index is -4.27. The zero-order valence-electron chi connectivity index (χ0n) is 15.5. The van der Waals surface area contributed by atoms with Gasteiger partial charge in [0.25, 0.3) is 0 Å². The van der Waals surface area contributed by atoms with Crippen LogP contribution in [0.4, 0.5) is 8.78 Å². The summed E-state index contributed by atoms with van der Waals surface area (Å²) < 4.78 is 61.1. The maximum atomic E-state index is 14.1. The van der Waals surface area contributed by atoms with Crippen LogP contribution in [0.5, 0.6) is 5.75 Å². The van der Waals surface area contributed by atoms with Crippen molar-refractivity contribution in [3.63, 3.8) is 0 Å². The van der Waals surface area contributed by atoms with Crippen LogP contribution < -0.4 is 4.74 Å². The summed E-state index contributed by atoms with van der Waals surface area (Å²) in [5.41, 5.74) is 0.753. The van der Waals surface area contributed by atoms with Gasteiger partial charge in [-0.1, -0.05) is 24.6 Å². The van der Waals surface area contributed by atoms with E-state index in [0.29, 0.717) is 25.4 Å².